The fourth-order valence-electron chi connectivity index (χ4n) is 2.32. The van der Waals surface area contributed by atoms with Crippen molar-refractivity contribution in [3.05, 3.63) is 29.8 Å². The third-order valence-corrected chi connectivity index (χ3v) is 3.66. The van der Waals surface area contributed by atoms with Gasteiger partial charge in [0.05, 0.1) is 5.56 Å². The Bertz CT molecular complexity index is 511. The lowest BCUT2D eigenvalue weighted by Crippen LogP contribution is -2.50. The van der Waals surface area contributed by atoms with Gasteiger partial charge in [0.1, 0.15) is 5.38 Å². The molecule has 1 saturated heterocycles. The molecule has 1 aromatic carbocycles. The van der Waals surface area contributed by atoms with Crippen molar-refractivity contribution in [2.45, 2.75) is 18.5 Å². The number of rotatable bonds is 2. The van der Waals surface area contributed by atoms with Gasteiger partial charge in [-0.2, -0.15) is 13.2 Å². The van der Waals surface area contributed by atoms with E-state index in [1.54, 1.807) is 17.9 Å². The molecule has 1 unspecified atom stereocenters. The lowest BCUT2D eigenvalue weighted by Gasteiger charge is -2.36. The molecule has 1 heterocycles. The highest BCUT2D eigenvalue weighted by atomic mass is 35.5. The van der Waals surface area contributed by atoms with E-state index in [1.807, 2.05) is 4.90 Å². The van der Waals surface area contributed by atoms with E-state index in [0.29, 0.717) is 31.9 Å². The van der Waals surface area contributed by atoms with Crippen LogP contribution in [0.1, 0.15) is 12.5 Å². The van der Waals surface area contributed by atoms with Crippen LogP contribution in [-0.4, -0.2) is 42.4 Å². The Morgan fingerprint density at radius 3 is 2.38 bits per heavy atom. The molecule has 0 aromatic heterocycles. The second-order valence-electron chi connectivity index (χ2n) is 4.98. The maximum absolute atomic E-state index is 12.7. The average Bonchev–Trinajstić information content (AvgIpc) is 2.46. The number of hydrogen-bond donors (Lipinski definition) is 0. The minimum atomic E-state index is -4.35. The Kier molecular flexibility index (Phi) is 4.66. The van der Waals surface area contributed by atoms with Crippen LogP contribution in [0.4, 0.5) is 18.9 Å². The molecule has 2 rings (SSSR count). The van der Waals surface area contributed by atoms with Crippen molar-refractivity contribution < 1.29 is 18.0 Å². The highest BCUT2D eigenvalue weighted by Gasteiger charge is 2.31. The summed E-state index contributed by atoms with van der Waals surface area (Å²) < 4.78 is 38.1. The number of anilines is 1. The molecule has 21 heavy (non-hydrogen) atoms. The molecule has 1 amide bonds. The molecule has 3 nitrogen and oxygen atoms in total. The summed E-state index contributed by atoms with van der Waals surface area (Å²) in [5.41, 5.74) is -0.135. The summed E-state index contributed by atoms with van der Waals surface area (Å²) in [6, 6.07) is 5.24. The number of piperazine rings is 1. The van der Waals surface area contributed by atoms with Gasteiger partial charge in [0.25, 0.3) is 0 Å². The molecule has 0 aliphatic carbocycles. The molecule has 1 atom stereocenters. The minimum absolute atomic E-state index is 0.139. The number of nitrogens with zero attached hydrogens (tertiary/aromatic N) is 2. The van der Waals surface area contributed by atoms with E-state index in [2.05, 4.69) is 0 Å². The molecule has 1 aliphatic rings. The number of alkyl halides is 4. The summed E-state index contributed by atoms with van der Waals surface area (Å²) in [5, 5.41) is -0.579. The van der Waals surface area contributed by atoms with E-state index in [-0.39, 0.29) is 5.91 Å². The maximum Gasteiger partial charge on any atom is 0.416 e. The van der Waals surface area contributed by atoms with Crippen LogP contribution in [0, 0.1) is 0 Å². The number of halogens is 4. The minimum Gasteiger partial charge on any atom is -0.368 e. The zero-order chi connectivity index (χ0) is 15.6. The van der Waals surface area contributed by atoms with Crippen molar-refractivity contribution in [3.63, 3.8) is 0 Å². The molecule has 7 heteroatoms. The summed E-state index contributed by atoms with van der Waals surface area (Å²) in [4.78, 5) is 15.2. The largest absolute Gasteiger partial charge is 0.416 e. The Balaban J connectivity index is 2.04. The van der Waals surface area contributed by atoms with Crippen LogP contribution in [0.3, 0.4) is 0 Å². The number of amides is 1. The number of carbonyl (C=O) groups is 1. The van der Waals surface area contributed by atoms with E-state index >= 15 is 0 Å². The fourth-order valence-corrected chi connectivity index (χ4v) is 2.45. The van der Waals surface area contributed by atoms with Crippen LogP contribution in [0.5, 0.6) is 0 Å². The Labute approximate surface area is 126 Å². The topological polar surface area (TPSA) is 23.6 Å². The van der Waals surface area contributed by atoms with E-state index in [0.717, 1.165) is 12.1 Å². The SMILES string of the molecule is CC(Cl)C(=O)N1CCN(c2cccc(C(F)(F)F)c2)CC1. The second-order valence-corrected chi connectivity index (χ2v) is 5.63. The monoisotopic (exact) mass is 320 g/mol. The standard InChI is InChI=1S/C14H16ClF3N2O/c1-10(15)13(21)20-7-5-19(6-8-20)12-4-2-3-11(9-12)14(16,17)18/h2-4,9-10H,5-8H2,1H3. The molecule has 0 N–H and O–H groups in total. The van der Waals surface area contributed by atoms with Crippen molar-refractivity contribution in [1.29, 1.82) is 0 Å². The third-order valence-electron chi connectivity index (χ3n) is 3.47. The van der Waals surface area contributed by atoms with Gasteiger partial charge in [-0.3, -0.25) is 4.79 Å². The summed E-state index contributed by atoms with van der Waals surface area (Å²) in [5.74, 6) is -0.139. The van der Waals surface area contributed by atoms with Gasteiger partial charge >= 0.3 is 6.18 Å². The molecule has 0 saturated carbocycles. The van der Waals surface area contributed by atoms with Gasteiger partial charge < -0.3 is 9.80 Å². The lowest BCUT2D eigenvalue weighted by molar-refractivity contribution is -0.137. The van der Waals surface area contributed by atoms with Crippen LogP contribution in [-0.2, 0) is 11.0 Å². The first kappa shape index (κ1) is 15.9. The second kappa shape index (κ2) is 6.13. The first-order valence-corrected chi connectivity index (χ1v) is 7.08. The van der Waals surface area contributed by atoms with Gasteiger partial charge in [0, 0.05) is 31.9 Å². The molecule has 1 fully saturated rings. The van der Waals surface area contributed by atoms with E-state index in [4.69, 9.17) is 11.6 Å². The number of carbonyl (C=O) groups excluding carboxylic acids is 1. The van der Waals surface area contributed by atoms with Crippen LogP contribution in [0.25, 0.3) is 0 Å². The van der Waals surface area contributed by atoms with E-state index in [1.165, 1.54) is 6.07 Å². The van der Waals surface area contributed by atoms with E-state index < -0.39 is 17.1 Å². The highest BCUT2D eigenvalue weighted by Crippen LogP contribution is 2.31. The fraction of sp³-hybridized carbons (Fsp3) is 0.500. The summed E-state index contributed by atoms with van der Waals surface area (Å²) >= 11 is 5.76. The third kappa shape index (κ3) is 3.81. The van der Waals surface area contributed by atoms with Crippen molar-refractivity contribution in [2.75, 3.05) is 31.1 Å². The zero-order valence-corrected chi connectivity index (χ0v) is 12.3. The maximum atomic E-state index is 12.7. The molecule has 1 aromatic rings. The van der Waals surface area contributed by atoms with Gasteiger partial charge in [0.15, 0.2) is 0 Å². The van der Waals surface area contributed by atoms with Crippen molar-refractivity contribution in [2.24, 2.45) is 0 Å². The molecule has 0 radical (unpaired) electrons. The Morgan fingerprint density at radius 2 is 1.86 bits per heavy atom. The van der Waals surface area contributed by atoms with Crippen LogP contribution in [0.2, 0.25) is 0 Å². The number of benzene rings is 1. The van der Waals surface area contributed by atoms with Gasteiger partial charge in [-0.25, -0.2) is 0 Å². The molecule has 0 spiro atoms. The van der Waals surface area contributed by atoms with Crippen molar-refractivity contribution in [1.82, 2.24) is 4.90 Å². The normalized spacial score (nSPS) is 17.8. The number of hydrogen-bond acceptors (Lipinski definition) is 2. The lowest BCUT2D eigenvalue weighted by atomic mass is 10.1. The summed E-state index contributed by atoms with van der Waals surface area (Å²) in [6.45, 7) is 3.54. The quantitative estimate of drug-likeness (QED) is 0.782. The van der Waals surface area contributed by atoms with E-state index in [9.17, 15) is 18.0 Å². The van der Waals surface area contributed by atoms with Crippen LogP contribution < -0.4 is 4.90 Å². The summed E-state index contributed by atoms with van der Waals surface area (Å²) in [6.07, 6.45) is -4.35. The van der Waals surface area contributed by atoms with Crippen molar-refractivity contribution >= 4 is 23.2 Å². The molecule has 1 aliphatic heterocycles. The predicted octanol–water partition coefficient (Wildman–Crippen LogP) is 2.98. The van der Waals surface area contributed by atoms with Gasteiger partial charge in [-0.1, -0.05) is 6.07 Å². The Morgan fingerprint density at radius 1 is 1.24 bits per heavy atom. The highest BCUT2D eigenvalue weighted by molar-refractivity contribution is 6.30. The van der Waals surface area contributed by atoms with Crippen LogP contribution in [0.15, 0.2) is 24.3 Å². The smallest absolute Gasteiger partial charge is 0.368 e. The first-order chi connectivity index (χ1) is 9.79. The van der Waals surface area contributed by atoms with Crippen molar-refractivity contribution in [3.8, 4) is 0 Å². The summed E-state index contributed by atoms with van der Waals surface area (Å²) in [7, 11) is 0. The molecule has 0 bridgehead atoms. The zero-order valence-electron chi connectivity index (χ0n) is 11.5. The molecular formula is C14H16ClF3N2O. The molecular weight excluding hydrogens is 305 g/mol. The van der Waals surface area contributed by atoms with Gasteiger partial charge in [-0.05, 0) is 25.1 Å². The molecule has 116 valence electrons. The van der Waals surface area contributed by atoms with Gasteiger partial charge in [0.2, 0.25) is 5.91 Å². The first-order valence-electron chi connectivity index (χ1n) is 6.64. The average molecular weight is 321 g/mol. The Hall–Kier alpha value is -1.43. The van der Waals surface area contributed by atoms with Crippen LogP contribution >= 0.6 is 11.6 Å². The van der Waals surface area contributed by atoms with Gasteiger partial charge in [-0.15, -0.1) is 11.6 Å². The predicted molar refractivity (Wildman–Crippen MR) is 75.6 cm³/mol.